The molecule has 2 heterocycles. The predicted molar refractivity (Wildman–Crippen MR) is 131 cm³/mol. The summed E-state index contributed by atoms with van der Waals surface area (Å²) < 4.78 is 7.15. The summed E-state index contributed by atoms with van der Waals surface area (Å²) in [5.74, 6) is -0.364. The van der Waals surface area contributed by atoms with Crippen molar-refractivity contribution in [3.8, 4) is 28.8 Å². The number of nitrogens with zero attached hydrogens (tertiary/aromatic N) is 5. The molecule has 0 saturated carbocycles. The van der Waals surface area contributed by atoms with E-state index in [9.17, 15) is 10.1 Å². The number of benzene rings is 3. The Morgan fingerprint density at radius 3 is 2.26 bits per heavy atom. The minimum atomic E-state index is -0.956. The van der Waals surface area contributed by atoms with E-state index in [1.807, 2.05) is 84.9 Å². The monoisotopic (exact) mass is 461 g/mol. The minimum absolute atomic E-state index is 0.0945. The second-order valence-electron chi connectivity index (χ2n) is 7.83. The average molecular weight is 461 g/mol. The molecule has 3 aromatic carbocycles. The normalized spacial score (nSPS) is 11.2. The number of aromatic nitrogens is 4. The number of aryl methyl sites for hydroxylation is 1. The fourth-order valence-corrected chi connectivity index (χ4v) is 3.65. The van der Waals surface area contributed by atoms with Gasteiger partial charge < -0.3 is 9.52 Å². The first kappa shape index (κ1) is 21.8. The lowest BCUT2D eigenvalue weighted by atomic mass is 10.1. The molecule has 8 heteroatoms. The number of hydrogen-bond donors (Lipinski definition) is 1. The smallest absolute Gasteiger partial charge is 0.305 e. The Labute approximate surface area is 200 Å². The first-order valence-electron chi connectivity index (χ1n) is 10.9. The summed E-state index contributed by atoms with van der Waals surface area (Å²) in [6.07, 6.45) is 3.87. The van der Waals surface area contributed by atoms with Crippen LogP contribution in [-0.4, -0.2) is 31.1 Å². The fraction of sp³-hybridized carbons (Fsp3) is 0.0741. The molecule has 0 aliphatic carbocycles. The van der Waals surface area contributed by atoms with Gasteiger partial charge in [0, 0.05) is 11.1 Å². The Morgan fingerprint density at radius 2 is 1.63 bits per heavy atom. The molecule has 5 rings (SSSR count). The van der Waals surface area contributed by atoms with Gasteiger partial charge in [0.05, 0.1) is 13.0 Å². The van der Waals surface area contributed by atoms with Gasteiger partial charge in [0.2, 0.25) is 5.89 Å². The van der Waals surface area contributed by atoms with Crippen LogP contribution in [0, 0.1) is 11.3 Å². The van der Waals surface area contributed by atoms with Crippen LogP contribution in [0.5, 0.6) is 0 Å². The third kappa shape index (κ3) is 4.70. The van der Waals surface area contributed by atoms with Gasteiger partial charge in [-0.25, -0.2) is 9.67 Å². The van der Waals surface area contributed by atoms with Crippen LogP contribution in [0.4, 0.5) is 0 Å². The Kier molecular flexibility index (Phi) is 5.89. The zero-order chi connectivity index (χ0) is 24.2. The van der Waals surface area contributed by atoms with Crippen molar-refractivity contribution in [3.63, 3.8) is 0 Å². The molecular formula is C27H19N5O3. The molecule has 0 unspecified atom stereocenters. The van der Waals surface area contributed by atoms with Crippen LogP contribution in [0.25, 0.3) is 46.0 Å². The highest BCUT2D eigenvalue weighted by molar-refractivity contribution is 5.77. The maximum Gasteiger partial charge on any atom is 0.305 e. The van der Waals surface area contributed by atoms with Crippen LogP contribution in [0.3, 0.4) is 0 Å². The van der Waals surface area contributed by atoms with Gasteiger partial charge in [-0.2, -0.15) is 5.26 Å². The summed E-state index contributed by atoms with van der Waals surface area (Å²) in [4.78, 5) is 15.3. The number of carboxylic acid groups (broad SMARTS) is 1. The molecule has 0 atom stereocenters. The minimum Gasteiger partial charge on any atom is -0.481 e. The Bertz CT molecular complexity index is 1540. The predicted octanol–water partition coefficient (Wildman–Crippen LogP) is 5.27. The van der Waals surface area contributed by atoms with E-state index in [0.29, 0.717) is 11.6 Å². The van der Waals surface area contributed by atoms with Crippen LogP contribution in [0.1, 0.15) is 23.2 Å². The molecule has 0 amide bonds. The van der Waals surface area contributed by atoms with Crippen molar-refractivity contribution in [1.82, 2.24) is 20.0 Å². The number of rotatable bonds is 7. The van der Waals surface area contributed by atoms with Crippen molar-refractivity contribution in [2.75, 3.05) is 0 Å². The number of fused-ring (bicyclic) bond motifs is 1. The van der Waals surface area contributed by atoms with Crippen molar-refractivity contribution in [3.05, 3.63) is 89.6 Å². The molecule has 0 saturated heterocycles. The van der Waals surface area contributed by atoms with Crippen molar-refractivity contribution >= 4 is 29.2 Å². The van der Waals surface area contributed by atoms with Crippen LogP contribution in [0.2, 0.25) is 0 Å². The summed E-state index contributed by atoms with van der Waals surface area (Å²) in [5.41, 5.74) is 5.93. The van der Waals surface area contributed by atoms with E-state index in [0.717, 1.165) is 33.4 Å². The van der Waals surface area contributed by atoms with Crippen molar-refractivity contribution in [2.24, 2.45) is 0 Å². The first-order chi connectivity index (χ1) is 17.1. The molecule has 0 aliphatic heterocycles. The van der Waals surface area contributed by atoms with Gasteiger partial charge in [-0.1, -0.05) is 65.9 Å². The maximum absolute atomic E-state index is 10.8. The zero-order valence-corrected chi connectivity index (χ0v) is 18.5. The maximum atomic E-state index is 10.8. The molecular weight excluding hydrogens is 442 g/mol. The Balaban J connectivity index is 1.29. The number of oxazole rings is 1. The van der Waals surface area contributed by atoms with E-state index >= 15 is 0 Å². The van der Waals surface area contributed by atoms with Crippen LogP contribution < -0.4 is 0 Å². The van der Waals surface area contributed by atoms with E-state index in [2.05, 4.69) is 21.4 Å². The van der Waals surface area contributed by atoms with Gasteiger partial charge >= 0.3 is 5.97 Å². The zero-order valence-electron chi connectivity index (χ0n) is 18.5. The lowest BCUT2D eigenvalue weighted by Crippen LogP contribution is -2.08. The molecule has 0 bridgehead atoms. The van der Waals surface area contributed by atoms with Gasteiger partial charge in [0.1, 0.15) is 17.3 Å². The standard InChI is InChI=1S/C27H19N5O3/c28-17-23-26(30-31-32(23)16-15-25(33)34)20-11-7-18(8-12-20)5-6-19-9-13-21(14-10-19)27-29-22-3-1-2-4-24(22)35-27/h1-14H,15-16H2,(H,33,34). The van der Waals surface area contributed by atoms with E-state index in [1.165, 1.54) is 4.68 Å². The van der Waals surface area contributed by atoms with Crippen molar-refractivity contribution in [2.45, 2.75) is 13.0 Å². The van der Waals surface area contributed by atoms with Gasteiger partial charge in [0.15, 0.2) is 11.3 Å². The highest BCUT2D eigenvalue weighted by Crippen LogP contribution is 2.25. The second kappa shape index (κ2) is 9.45. The summed E-state index contributed by atoms with van der Waals surface area (Å²) in [6, 6.07) is 25.3. The molecule has 0 radical (unpaired) electrons. The third-order valence-electron chi connectivity index (χ3n) is 5.48. The van der Waals surface area contributed by atoms with Crippen LogP contribution in [0.15, 0.2) is 77.2 Å². The van der Waals surface area contributed by atoms with E-state index in [4.69, 9.17) is 9.52 Å². The molecule has 0 aliphatic rings. The molecule has 0 fully saturated rings. The topological polar surface area (TPSA) is 118 Å². The van der Waals surface area contributed by atoms with E-state index in [-0.39, 0.29) is 18.7 Å². The number of nitriles is 1. The van der Waals surface area contributed by atoms with Gasteiger partial charge in [-0.15, -0.1) is 5.10 Å². The van der Waals surface area contributed by atoms with Crippen LogP contribution >= 0.6 is 0 Å². The molecule has 170 valence electrons. The molecule has 35 heavy (non-hydrogen) atoms. The number of carbonyl (C=O) groups is 1. The van der Waals surface area contributed by atoms with Crippen molar-refractivity contribution < 1.29 is 14.3 Å². The molecule has 1 N–H and O–H groups in total. The second-order valence-corrected chi connectivity index (χ2v) is 7.83. The van der Waals surface area contributed by atoms with E-state index in [1.54, 1.807) is 0 Å². The lowest BCUT2D eigenvalue weighted by Gasteiger charge is -2.01. The van der Waals surface area contributed by atoms with Crippen LogP contribution in [-0.2, 0) is 11.3 Å². The van der Waals surface area contributed by atoms with Gasteiger partial charge in [-0.3, -0.25) is 4.79 Å². The molecule has 2 aromatic heterocycles. The largest absolute Gasteiger partial charge is 0.481 e. The third-order valence-corrected chi connectivity index (χ3v) is 5.48. The summed E-state index contributed by atoms with van der Waals surface area (Å²) in [7, 11) is 0. The summed E-state index contributed by atoms with van der Waals surface area (Å²) in [6.45, 7) is 0.0945. The Morgan fingerprint density at radius 1 is 0.971 bits per heavy atom. The van der Waals surface area contributed by atoms with Crippen molar-refractivity contribution in [1.29, 1.82) is 5.26 Å². The lowest BCUT2D eigenvalue weighted by molar-refractivity contribution is -0.137. The first-order valence-corrected chi connectivity index (χ1v) is 10.9. The summed E-state index contributed by atoms with van der Waals surface area (Å²) in [5, 5.41) is 26.4. The number of carboxylic acids is 1. The van der Waals surface area contributed by atoms with Gasteiger partial charge in [0.25, 0.3) is 0 Å². The highest BCUT2D eigenvalue weighted by atomic mass is 16.4. The number of para-hydroxylation sites is 2. The van der Waals surface area contributed by atoms with Gasteiger partial charge in [-0.05, 0) is 35.4 Å². The molecule has 5 aromatic rings. The highest BCUT2D eigenvalue weighted by Gasteiger charge is 2.15. The average Bonchev–Trinajstić information content (AvgIpc) is 3.51. The Hall–Kier alpha value is -5.03. The van der Waals surface area contributed by atoms with E-state index < -0.39 is 5.97 Å². The SMILES string of the molecule is N#Cc1c(-c2ccc(C=Cc3ccc(-c4nc5ccccc5o4)cc3)cc2)nnn1CCC(=O)O. The molecule has 8 nitrogen and oxygen atoms in total. The summed E-state index contributed by atoms with van der Waals surface area (Å²) >= 11 is 0. The fourth-order valence-electron chi connectivity index (χ4n) is 3.65. The quantitative estimate of drug-likeness (QED) is 0.328. The molecule has 0 spiro atoms. The number of hydrogen-bond acceptors (Lipinski definition) is 6. The number of aliphatic carboxylic acids is 1.